The van der Waals surface area contributed by atoms with Crippen LogP contribution in [-0.4, -0.2) is 9.97 Å². The zero-order valence-corrected chi connectivity index (χ0v) is 12.8. The molecule has 3 rings (SSSR count). The minimum atomic E-state index is -0.552. The van der Waals surface area contributed by atoms with Gasteiger partial charge in [0.15, 0.2) is 11.6 Å². The monoisotopic (exact) mass is 333 g/mol. The molecule has 7 heteroatoms. The Bertz CT molecular complexity index is 764. The molecule has 5 nitrogen and oxygen atoms in total. The zero-order chi connectivity index (χ0) is 16.1. The number of ether oxygens (including phenoxy) is 1. The molecule has 0 radical (unpaired) electrons. The van der Waals surface area contributed by atoms with Crippen molar-refractivity contribution in [2.75, 3.05) is 5.32 Å². The van der Waals surface area contributed by atoms with Crippen molar-refractivity contribution in [3.05, 3.63) is 71.0 Å². The first-order valence-corrected chi connectivity index (χ1v) is 7.24. The average Bonchev–Trinajstić information content (AvgIpc) is 3.08. The van der Waals surface area contributed by atoms with E-state index < -0.39 is 5.82 Å². The molecule has 23 heavy (non-hydrogen) atoms. The van der Waals surface area contributed by atoms with Crippen molar-refractivity contribution < 1.29 is 13.5 Å². The fourth-order valence-electron chi connectivity index (χ4n) is 1.86. The smallest absolute Gasteiger partial charge is 0.318 e. The fourth-order valence-corrected chi connectivity index (χ4v) is 1.99. The van der Waals surface area contributed by atoms with E-state index in [9.17, 15) is 4.39 Å². The lowest BCUT2D eigenvalue weighted by Crippen LogP contribution is -2.06. The fraction of sp³-hybridized carbons (Fsp3) is 0.125. The van der Waals surface area contributed by atoms with Gasteiger partial charge in [0.2, 0.25) is 0 Å². The van der Waals surface area contributed by atoms with Crippen LogP contribution in [0, 0.1) is 5.82 Å². The highest BCUT2D eigenvalue weighted by atomic mass is 35.5. The molecule has 0 aliphatic carbocycles. The number of hydrogen-bond acceptors (Lipinski definition) is 5. The van der Waals surface area contributed by atoms with E-state index in [-0.39, 0.29) is 18.4 Å². The van der Waals surface area contributed by atoms with Gasteiger partial charge in [0.1, 0.15) is 12.4 Å². The van der Waals surface area contributed by atoms with Crippen molar-refractivity contribution in [1.29, 1.82) is 0 Å². The molecule has 0 aliphatic heterocycles. The summed E-state index contributed by atoms with van der Waals surface area (Å²) in [4.78, 5) is 7.81. The van der Waals surface area contributed by atoms with E-state index in [1.807, 2.05) is 12.1 Å². The molecular formula is C16H13ClFN3O2. The third-order valence-corrected chi connectivity index (χ3v) is 3.27. The number of nitrogens with one attached hydrogen (secondary N) is 1. The second-order valence-electron chi connectivity index (χ2n) is 4.70. The largest absolute Gasteiger partial charge is 0.466 e. The van der Waals surface area contributed by atoms with E-state index in [0.717, 1.165) is 11.8 Å². The number of aromatic nitrogens is 2. The van der Waals surface area contributed by atoms with Crippen LogP contribution in [0.25, 0.3) is 0 Å². The summed E-state index contributed by atoms with van der Waals surface area (Å²) in [6, 6.07) is 10.8. The van der Waals surface area contributed by atoms with E-state index in [4.69, 9.17) is 20.8 Å². The molecule has 0 amide bonds. The highest BCUT2D eigenvalue weighted by molar-refractivity contribution is 6.30. The second kappa shape index (κ2) is 7.11. The van der Waals surface area contributed by atoms with Gasteiger partial charge in [0.25, 0.3) is 0 Å². The van der Waals surface area contributed by atoms with Crippen LogP contribution in [0.1, 0.15) is 11.3 Å². The van der Waals surface area contributed by atoms with Gasteiger partial charge in [-0.15, -0.1) is 0 Å². The summed E-state index contributed by atoms with van der Waals surface area (Å²) in [5.41, 5.74) is 0.950. The SMILES string of the molecule is Fc1cnc(OCc2ccco2)nc1NCc1ccc(Cl)cc1. The van der Waals surface area contributed by atoms with Gasteiger partial charge >= 0.3 is 6.01 Å². The highest BCUT2D eigenvalue weighted by Gasteiger charge is 2.08. The van der Waals surface area contributed by atoms with Crippen molar-refractivity contribution in [1.82, 2.24) is 9.97 Å². The number of nitrogens with zero attached hydrogens (tertiary/aromatic N) is 2. The summed E-state index contributed by atoms with van der Waals surface area (Å²) in [6.45, 7) is 0.581. The van der Waals surface area contributed by atoms with Crippen LogP contribution >= 0.6 is 11.6 Å². The van der Waals surface area contributed by atoms with E-state index in [1.54, 1.807) is 30.5 Å². The zero-order valence-electron chi connectivity index (χ0n) is 12.0. The number of halogens is 2. The number of anilines is 1. The summed E-state index contributed by atoms with van der Waals surface area (Å²) in [6.07, 6.45) is 2.61. The predicted molar refractivity (Wildman–Crippen MR) is 83.8 cm³/mol. The molecular weight excluding hydrogens is 321 g/mol. The number of rotatable bonds is 6. The van der Waals surface area contributed by atoms with Crippen LogP contribution in [0.5, 0.6) is 6.01 Å². The van der Waals surface area contributed by atoms with E-state index in [0.29, 0.717) is 17.3 Å². The summed E-state index contributed by atoms with van der Waals surface area (Å²) in [5.74, 6) is 0.155. The van der Waals surface area contributed by atoms with Gasteiger partial charge in [-0.2, -0.15) is 4.98 Å². The third kappa shape index (κ3) is 4.20. The normalized spacial score (nSPS) is 10.5. The molecule has 0 atom stereocenters. The third-order valence-electron chi connectivity index (χ3n) is 3.02. The maximum absolute atomic E-state index is 13.8. The van der Waals surface area contributed by atoms with Gasteiger partial charge in [-0.25, -0.2) is 9.37 Å². The molecule has 0 unspecified atom stereocenters. The van der Waals surface area contributed by atoms with Gasteiger partial charge in [-0.3, -0.25) is 0 Å². The Balaban J connectivity index is 1.64. The molecule has 118 valence electrons. The van der Waals surface area contributed by atoms with Crippen LogP contribution in [0.3, 0.4) is 0 Å². The second-order valence-corrected chi connectivity index (χ2v) is 5.13. The molecule has 0 aliphatic rings. The molecule has 2 heterocycles. The topological polar surface area (TPSA) is 60.2 Å². The van der Waals surface area contributed by atoms with E-state index >= 15 is 0 Å². The van der Waals surface area contributed by atoms with Crippen molar-refractivity contribution >= 4 is 17.4 Å². The van der Waals surface area contributed by atoms with Crippen LogP contribution in [-0.2, 0) is 13.2 Å². The quantitative estimate of drug-likeness (QED) is 0.737. The van der Waals surface area contributed by atoms with Crippen LogP contribution < -0.4 is 10.1 Å². The minimum Gasteiger partial charge on any atom is -0.466 e. The molecule has 0 spiro atoms. The van der Waals surface area contributed by atoms with Gasteiger partial charge < -0.3 is 14.5 Å². The van der Waals surface area contributed by atoms with E-state index in [1.165, 1.54) is 0 Å². The maximum atomic E-state index is 13.8. The first-order chi connectivity index (χ1) is 11.2. The molecule has 1 aromatic carbocycles. The van der Waals surface area contributed by atoms with Gasteiger partial charge in [0.05, 0.1) is 12.5 Å². The van der Waals surface area contributed by atoms with Gasteiger partial charge in [-0.05, 0) is 29.8 Å². The highest BCUT2D eigenvalue weighted by Crippen LogP contribution is 2.16. The summed E-state index contributed by atoms with van der Waals surface area (Å²) in [5, 5.41) is 3.56. The molecule has 0 saturated carbocycles. The number of furan rings is 1. The average molecular weight is 334 g/mol. The lowest BCUT2D eigenvalue weighted by Gasteiger charge is -2.08. The first-order valence-electron chi connectivity index (χ1n) is 6.87. The lowest BCUT2D eigenvalue weighted by molar-refractivity contribution is 0.249. The Morgan fingerprint density at radius 2 is 2.04 bits per heavy atom. The minimum absolute atomic E-state index is 0.0707. The van der Waals surface area contributed by atoms with Gasteiger partial charge in [-0.1, -0.05) is 23.7 Å². The molecule has 2 aromatic heterocycles. The van der Waals surface area contributed by atoms with E-state index in [2.05, 4.69) is 15.3 Å². The molecule has 1 N–H and O–H groups in total. The lowest BCUT2D eigenvalue weighted by atomic mass is 10.2. The van der Waals surface area contributed by atoms with Crippen LogP contribution in [0.15, 0.2) is 53.3 Å². The van der Waals surface area contributed by atoms with Crippen LogP contribution in [0.2, 0.25) is 5.02 Å². The standard InChI is InChI=1S/C16H13ClFN3O2/c17-12-5-3-11(4-6-12)8-19-15-14(18)9-20-16(21-15)23-10-13-2-1-7-22-13/h1-7,9H,8,10H2,(H,19,20,21). The molecule has 0 saturated heterocycles. The summed E-state index contributed by atoms with van der Waals surface area (Å²) >= 11 is 5.83. The Hall–Kier alpha value is -2.60. The Labute approximate surface area is 137 Å². The molecule has 3 aromatic rings. The Morgan fingerprint density at radius 3 is 2.78 bits per heavy atom. The van der Waals surface area contributed by atoms with Gasteiger partial charge in [0, 0.05) is 11.6 Å². The van der Waals surface area contributed by atoms with Crippen molar-refractivity contribution in [3.63, 3.8) is 0 Å². The van der Waals surface area contributed by atoms with Crippen LogP contribution in [0.4, 0.5) is 10.2 Å². The van der Waals surface area contributed by atoms with Crippen molar-refractivity contribution in [3.8, 4) is 6.01 Å². The number of hydrogen-bond donors (Lipinski definition) is 1. The Kier molecular flexibility index (Phi) is 4.73. The molecule has 0 bridgehead atoms. The first kappa shape index (κ1) is 15.3. The summed E-state index contributed by atoms with van der Waals surface area (Å²) in [7, 11) is 0. The predicted octanol–water partition coefficient (Wildman–Crippen LogP) is 4.05. The maximum Gasteiger partial charge on any atom is 0.318 e. The van der Waals surface area contributed by atoms with Crippen molar-refractivity contribution in [2.24, 2.45) is 0 Å². The Morgan fingerprint density at radius 1 is 1.22 bits per heavy atom. The van der Waals surface area contributed by atoms with Crippen molar-refractivity contribution in [2.45, 2.75) is 13.2 Å². The summed E-state index contributed by atoms with van der Waals surface area (Å²) < 4.78 is 24.3. The number of benzene rings is 1. The molecule has 0 fully saturated rings.